The first kappa shape index (κ1) is 25.3. The number of thiazole rings is 1. The quantitative estimate of drug-likeness (QED) is 0.210. The Morgan fingerprint density at radius 3 is 2.90 bits per heavy atom. The number of hydrogen-bond acceptors (Lipinski definition) is 6. The third-order valence-electron chi connectivity index (χ3n) is 4.79. The minimum Gasteiger partial charge on any atom is -0.381 e. The van der Waals surface area contributed by atoms with Crippen LogP contribution in [0.4, 0.5) is 5.13 Å². The van der Waals surface area contributed by atoms with Gasteiger partial charge in [-0.3, -0.25) is 9.79 Å². The number of rotatable bonds is 14. The number of amides is 1. The van der Waals surface area contributed by atoms with Gasteiger partial charge in [-0.05, 0) is 30.9 Å². The first-order valence-corrected chi connectivity index (χ1v) is 12.6. The molecule has 2 rings (SSSR count). The fraction of sp³-hybridized carbons (Fsp3) is 0.591. The van der Waals surface area contributed by atoms with Crippen LogP contribution in [-0.2, 0) is 16.1 Å². The van der Waals surface area contributed by atoms with E-state index in [0.29, 0.717) is 36.7 Å². The normalized spacial score (nSPS) is 12.7. The molecule has 31 heavy (non-hydrogen) atoms. The lowest BCUT2D eigenvalue weighted by atomic mass is 10.0. The van der Waals surface area contributed by atoms with Gasteiger partial charge in [0.05, 0.1) is 17.1 Å². The van der Waals surface area contributed by atoms with Crippen LogP contribution in [0.25, 0.3) is 10.6 Å². The summed E-state index contributed by atoms with van der Waals surface area (Å²) in [7, 11) is 0. The van der Waals surface area contributed by atoms with Crippen LogP contribution in [0, 0.1) is 5.92 Å². The summed E-state index contributed by atoms with van der Waals surface area (Å²) < 4.78 is 5.81. The second-order valence-corrected chi connectivity index (χ2v) is 9.48. The highest BCUT2D eigenvalue weighted by atomic mass is 32.1. The molecule has 2 aromatic heterocycles. The standard InChI is InChI=1S/C22H35N5O2S2/c1-4-6-8-17(5-2)14-29-12-7-11-24-21(23)27-22-26-19(15-30-22)20-10-9-18(31-20)13-25-16(3)28/h9-10,15,17H,4-8,11-14H2,1-3H3,(H,25,28)(H3,23,24,26,27). The van der Waals surface area contributed by atoms with Crippen molar-refractivity contribution in [1.82, 2.24) is 10.3 Å². The van der Waals surface area contributed by atoms with Gasteiger partial charge in [0.25, 0.3) is 0 Å². The fourth-order valence-electron chi connectivity index (χ4n) is 2.93. The van der Waals surface area contributed by atoms with E-state index in [2.05, 4.69) is 34.5 Å². The number of guanidine groups is 1. The molecular formula is C22H35N5O2S2. The van der Waals surface area contributed by atoms with Crippen LogP contribution in [-0.4, -0.2) is 36.6 Å². The molecule has 2 heterocycles. The van der Waals surface area contributed by atoms with Crippen molar-refractivity contribution in [3.63, 3.8) is 0 Å². The van der Waals surface area contributed by atoms with E-state index < -0.39 is 0 Å². The molecule has 0 aromatic carbocycles. The number of hydrogen-bond donors (Lipinski definition) is 3. The van der Waals surface area contributed by atoms with Gasteiger partial charge < -0.3 is 21.1 Å². The van der Waals surface area contributed by atoms with E-state index in [1.165, 1.54) is 43.9 Å². The summed E-state index contributed by atoms with van der Waals surface area (Å²) in [6, 6.07) is 4.02. The highest BCUT2D eigenvalue weighted by Crippen LogP contribution is 2.30. The minimum atomic E-state index is -0.0338. The minimum absolute atomic E-state index is 0.0338. The monoisotopic (exact) mass is 465 g/mol. The highest BCUT2D eigenvalue weighted by Gasteiger charge is 2.09. The van der Waals surface area contributed by atoms with Gasteiger partial charge in [0, 0.05) is 36.9 Å². The number of ether oxygens (including phenoxy) is 1. The van der Waals surface area contributed by atoms with Crippen LogP contribution < -0.4 is 16.4 Å². The van der Waals surface area contributed by atoms with Crippen molar-refractivity contribution in [3.05, 3.63) is 22.4 Å². The first-order chi connectivity index (χ1) is 15.0. The molecule has 1 unspecified atom stereocenters. The molecule has 7 nitrogen and oxygen atoms in total. The molecule has 0 aliphatic rings. The van der Waals surface area contributed by atoms with Gasteiger partial charge in [-0.15, -0.1) is 22.7 Å². The average molecular weight is 466 g/mol. The number of nitrogens with zero attached hydrogens (tertiary/aromatic N) is 2. The SMILES string of the molecule is CCCCC(CC)COCCCN=C(N)Nc1nc(-c2ccc(CNC(C)=O)s2)cs1. The Bertz CT molecular complexity index is 818. The van der Waals surface area contributed by atoms with E-state index >= 15 is 0 Å². The molecule has 0 bridgehead atoms. The van der Waals surface area contributed by atoms with E-state index in [-0.39, 0.29) is 5.91 Å². The summed E-state index contributed by atoms with van der Waals surface area (Å²) in [6.07, 6.45) is 5.79. The van der Waals surface area contributed by atoms with Gasteiger partial charge in [-0.25, -0.2) is 4.98 Å². The molecule has 172 valence electrons. The first-order valence-electron chi connectivity index (χ1n) is 11.0. The Morgan fingerprint density at radius 2 is 2.16 bits per heavy atom. The zero-order valence-electron chi connectivity index (χ0n) is 18.8. The predicted octanol–water partition coefficient (Wildman–Crippen LogP) is 4.86. The maximum atomic E-state index is 11.0. The topological polar surface area (TPSA) is 102 Å². The van der Waals surface area contributed by atoms with Crippen LogP contribution >= 0.6 is 22.7 Å². The number of nitrogens with one attached hydrogen (secondary N) is 2. The molecule has 0 fully saturated rings. The summed E-state index contributed by atoms with van der Waals surface area (Å²) in [5.74, 6) is 1.00. The third-order valence-corrected chi connectivity index (χ3v) is 6.66. The Hall–Kier alpha value is -1.97. The molecular weight excluding hydrogens is 430 g/mol. The highest BCUT2D eigenvalue weighted by molar-refractivity contribution is 7.17. The number of carbonyl (C=O) groups excluding carboxylic acids is 1. The van der Waals surface area contributed by atoms with Gasteiger partial charge in [0.2, 0.25) is 5.91 Å². The molecule has 0 spiro atoms. The lowest BCUT2D eigenvalue weighted by Crippen LogP contribution is -2.23. The van der Waals surface area contributed by atoms with E-state index in [4.69, 9.17) is 10.5 Å². The van der Waals surface area contributed by atoms with Crippen LogP contribution in [0.3, 0.4) is 0 Å². The summed E-state index contributed by atoms with van der Waals surface area (Å²) in [6.45, 7) is 8.68. The molecule has 2 aromatic rings. The van der Waals surface area contributed by atoms with Crippen LogP contribution in [0.5, 0.6) is 0 Å². The molecule has 0 aliphatic carbocycles. The fourth-order valence-corrected chi connectivity index (χ4v) is 4.63. The number of aliphatic imine (C=N–C) groups is 1. The van der Waals surface area contributed by atoms with Crippen LogP contribution in [0.2, 0.25) is 0 Å². The zero-order chi connectivity index (χ0) is 22.5. The van der Waals surface area contributed by atoms with Gasteiger partial charge in [-0.1, -0.05) is 33.1 Å². The van der Waals surface area contributed by atoms with Crippen LogP contribution in [0.15, 0.2) is 22.5 Å². The van der Waals surface area contributed by atoms with E-state index in [1.807, 2.05) is 17.5 Å². The smallest absolute Gasteiger partial charge is 0.217 e. The Kier molecular flexibility index (Phi) is 11.6. The van der Waals surface area contributed by atoms with E-state index in [0.717, 1.165) is 28.5 Å². The Morgan fingerprint density at radius 1 is 1.32 bits per heavy atom. The van der Waals surface area contributed by atoms with E-state index in [9.17, 15) is 4.79 Å². The van der Waals surface area contributed by atoms with Crippen LogP contribution in [0.1, 0.15) is 57.8 Å². The third kappa shape index (κ3) is 9.80. The number of carbonyl (C=O) groups is 1. The second kappa shape index (κ2) is 14.2. The Balaban J connectivity index is 1.70. The second-order valence-electron chi connectivity index (χ2n) is 7.45. The van der Waals surface area contributed by atoms with Gasteiger partial charge >= 0.3 is 0 Å². The summed E-state index contributed by atoms with van der Waals surface area (Å²) in [4.78, 5) is 22.1. The van der Waals surface area contributed by atoms with Gasteiger partial charge in [0.15, 0.2) is 11.1 Å². The summed E-state index contributed by atoms with van der Waals surface area (Å²) in [5, 5.41) is 8.57. The van der Waals surface area contributed by atoms with Crippen molar-refractivity contribution in [3.8, 4) is 10.6 Å². The van der Waals surface area contributed by atoms with Crippen molar-refractivity contribution >= 4 is 39.7 Å². The zero-order valence-corrected chi connectivity index (χ0v) is 20.4. The number of thiophene rings is 1. The van der Waals surface area contributed by atoms with Gasteiger partial charge in [-0.2, -0.15) is 0 Å². The molecule has 9 heteroatoms. The van der Waals surface area contributed by atoms with Crippen molar-refractivity contribution in [2.24, 2.45) is 16.6 Å². The maximum Gasteiger partial charge on any atom is 0.217 e. The van der Waals surface area contributed by atoms with Crippen molar-refractivity contribution in [1.29, 1.82) is 0 Å². The van der Waals surface area contributed by atoms with Gasteiger partial charge in [0.1, 0.15) is 0 Å². The average Bonchev–Trinajstić information content (AvgIpc) is 3.40. The summed E-state index contributed by atoms with van der Waals surface area (Å²) >= 11 is 3.10. The number of unbranched alkanes of at least 4 members (excludes halogenated alkanes) is 1. The molecule has 1 atom stereocenters. The number of anilines is 1. The van der Waals surface area contributed by atoms with Crippen molar-refractivity contribution in [2.45, 2.75) is 59.4 Å². The number of aromatic nitrogens is 1. The van der Waals surface area contributed by atoms with Crippen molar-refractivity contribution < 1.29 is 9.53 Å². The predicted molar refractivity (Wildman–Crippen MR) is 132 cm³/mol. The molecule has 0 saturated heterocycles. The number of nitrogens with two attached hydrogens (primary N) is 1. The molecule has 0 radical (unpaired) electrons. The lowest BCUT2D eigenvalue weighted by Gasteiger charge is -2.14. The lowest BCUT2D eigenvalue weighted by molar-refractivity contribution is -0.119. The molecule has 0 aliphatic heterocycles. The Labute approximate surface area is 193 Å². The van der Waals surface area contributed by atoms with E-state index in [1.54, 1.807) is 11.3 Å². The molecule has 4 N–H and O–H groups in total. The largest absolute Gasteiger partial charge is 0.381 e. The summed E-state index contributed by atoms with van der Waals surface area (Å²) in [5.41, 5.74) is 6.88. The van der Waals surface area contributed by atoms with Crippen molar-refractivity contribution in [2.75, 3.05) is 25.1 Å². The maximum absolute atomic E-state index is 11.0. The molecule has 1 amide bonds. The molecule has 0 saturated carbocycles.